The summed E-state index contributed by atoms with van der Waals surface area (Å²) in [7, 11) is 1.87. The Balaban J connectivity index is 2.35. The summed E-state index contributed by atoms with van der Waals surface area (Å²) < 4.78 is 15.1. The summed E-state index contributed by atoms with van der Waals surface area (Å²) in [5.41, 5.74) is 8.93. The van der Waals surface area contributed by atoms with Crippen molar-refractivity contribution in [3.63, 3.8) is 0 Å². The van der Waals surface area contributed by atoms with Crippen molar-refractivity contribution in [3.8, 4) is 11.3 Å². The van der Waals surface area contributed by atoms with Gasteiger partial charge >= 0.3 is 0 Å². The van der Waals surface area contributed by atoms with Crippen molar-refractivity contribution in [2.45, 2.75) is 0 Å². The molecule has 0 aliphatic carbocycles. The number of nitrogen functional groups attached to an aromatic ring is 1. The highest BCUT2D eigenvalue weighted by Crippen LogP contribution is 2.32. The number of aromatic nitrogens is 3. The fourth-order valence-electron chi connectivity index (χ4n) is 2.07. The zero-order valence-corrected chi connectivity index (χ0v) is 9.24. The molecule has 0 bridgehead atoms. The number of aromatic amines is 1. The number of aryl methyl sites for hydroxylation is 1. The van der Waals surface area contributed by atoms with Crippen LogP contribution in [0.15, 0.2) is 30.6 Å². The second kappa shape index (κ2) is 3.35. The predicted molar refractivity (Wildman–Crippen MR) is 64.9 cm³/mol. The molecule has 0 unspecified atom stereocenters. The average molecular weight is 230 g/mol. The van der Waals surface area contributed by atoms with Gasteiger partial charge in [0.15, 0.2) is 0 Å². The van der Waals surface area contributed by atoms with E-state index in [1.807, 2.05) is 17.8 Å². The van der Waals surface area contributed by atoms with Gasteiger partial charge in [-0.05, 0) is 18.2 Å². The molecule has 0 radical (unpaired) electrons. The number of rotatable bonds is 1. The summed E-state index contributed by atoms with van der Waals surface area (Å²) in [5, 5.41) is 7.71. The van der Waals surface area contributed by atoms with Crippen LogP contribution in [0.25, 0.3) is 22.2 Å². The maximum Gasteiger partial charge on any atom is 0.125 e. The van der Waals surface area contributed by atoms with E-state index in [4.69, 9.17) is 5.73 Å². The van der Waals surface area contributed by atoms with Crippen LogP contribution in [0.4, 0.5) is 10.1 Å². The average Bonchev–Trinajstić information content (AvgIpc) is 2.84. The highest BCUT2D eigenvalue weighted by Gasteiger charge is 2.12. The second-order valence-electron chi connectivity index (χ2n) is 4.02. The van der Waals surface area contributed by atoms with Crippen molar-refractivity contribution < 1.29 is 4.39 Å². The van der Waals surface area contributed by atoms with Gasteiger partial charge in [0.2, 0.25) is 0 Å². The minimum absolute atomic E-state index is 0.247. The summed E-state index contributed by atoms with van der Waals surface area (Å²) in [6, 6.07) is 4.70. The monoisotopic (exact) mass is 230 g/mol. The number of fused-ring (bicyclic) bond motifs is 1. The van der Waals surface area contributed by atoms with E-state index in [2.05, 4.69) is 10.2 Å². The van der Waals surface area contributed by atoms with Crippen molar-refractivity contribution in [2.24, 2.45) is 7.05 Å². The fourth-order valence-corrected chi connectivity index (χ4v) is 2.07. The van der Waals surface area contributed by atoms with Crippen LogP contribution in [0.2, 0.25) is 0 Å². The van der Waals surface area contributed by atoms with Crippen LogP contribution < -0.4 is 5.73 Å². The Bertz CT molecular complexity index is 696. The Kier molecular flexibility index (Phi) is 1.95. The number of nitrogens with two attached hydrogens (primary N) is 1. The summed E-state index contributed by atoms with van der Waals surface area (Å²) in [4.78, 5) is 0. The van der Waals surface area contributed by atoms with Crippen molar-refractivity contribution in [1.82, 2.24) is 14.8 Å². The van der Waals surface area contributed by atoms with E-state index >= 15 is 0 Å². The standard InChI is InChI=1S/C12H11FN4/c1-17-6-9(12-10(14)5-15-16-12)8-3-2-7(13)4-11(8)17/h2-6H,14H2,1H3,(H,15,16). The van der Waals surface area contributed by atoms with E-state index in [-0.39, 0.29) is 5.82 Å². The molecular formula is C12H11FN4. The van der Waals surface area contributed by atoms with Crippen molar-refractivity contribution >= 4 is 16.6 Å². The smallest absolute Gasteiger partial charge is 0.125 e. The Labute approximate surface area is 96.9 Å². The van der Waals surface area contributed by atoms with E-state index in [0.717, 1.165) is 22.2 Å². The molecule has 4 nitrogen and oxygen atoms in total. The highest BCUT2D eigenvalue weighted by atomic mass is 19.1. The predicted octanol–water partition coefficient (Wildman–Crippen LogP) is 2.29. The Morgan fingerprint density at radius 1 is 1.41 bits per heavy atom. The van der Waals surface area contributed by atoms with Crippen molar-refractivity contribution in [1.29, 1.82) is 0 Å². The zero-order chi connectivity index (χ0) is 12.0. The molecule has 3 aromatic rings. The van der Waals surface area contributed by atoms with Crippen molar-refractivity contribution in [3.05, 3.63) is 36.4 Å². The lowest BCUT2D eigenvalue weighted by Crippen LogP contribution is -1.85. The number of nitrogens with one attached hydrogen (secondary N) is 1. The van der Waals surface area contributed by atoms with Gasteiger partial charge < -0.3 is 10.3 Å². The molecule has 17 heavy (non-hydrogen) atoms. The third-order valence-corrected chi connectivity index (χ3v) is 2.89. The third-order valence-electron chi connectivity index (χ3n) is 2.89. The minimum atomic E-state index is -0.247. The van der Waals surface area contributed by atoms with E-state index in [0.29, 0.717) is 5.69 Å². The quantitative estimate of drug-likeness (QED) is 0.673. The number of benzene rings is 1. The van der Waals surface area contributed by atoms with Crippen LogP contribution in [-0.4, -0.2) is 14.8 Å². The van der Waals surface area contributed by atoms with Gasteiger partial charge in [-0.15, -0.1) is 0 Å². The molecule has 0 saturated heterocycles. The summed E-state index contributed by atoms with van der Waals surface area (Å²) in [6.07, 6.45) is 3.48. The maximum atomic E-state index is 13.2. The number of hydrogen-bond donors (Lipinski definition) is 2. The first-order chi connectivity index (χ1) is 8.16. The molecule has 0 aliphatic heterocycles. The largest absolute Gasteiger partial charge is 0.396 e. The van der Waals surface area contributed by atoms with E-state index < -0.39 is 0 Å². The number of hydrogen-bond acceptors (Lipinski definition) is 2. The molecule has 3 rings (SSSR count). The molecule has 2 heterocycles. The van der Waals surface area contributed by atoms with Gasteiger partial charge in [-0.3, -0.25) is 5.10 Å². The number of H-pyrrole nitrogens is 1. The van der Waals surface area contributed by atoms with E-state index in [1.165, 1.54) is 12.1 Å². The van der Waals surface area contributed by atoms with Crippen LogP contribution in [0.3, 0.4) is 0 Å². The lowest BCUT2D eigenvalue weighted by atomic mass is 10.1. The van der Waals surface area contributed by atoms with Gasteiger partial charge in [-0.1, -0.05) is 0 Å². The molecule has 0 aliphatic rings. The summed E-state index contributed by atoms with van der Waals surface area (Å²) >= 11 is 0. The van der Waals surface area contributed by atoms with Crippen LogP contribution in [0.1, 0.15) is 0 Å². The van der Waals surface area contributed by atoms with Gasteiger partial charge in [0.25, 0.3) is 0 Å². The Hall–Kier alpha value is -2.30. The third kappa shape index (κ3) is 1.39. The molecule has 2 aromatic heterocycles. The van der Waals surface area contributed by atoms with Crippen LogP contribution in [0, 0.1) is 5.82 Å². The minimum Gasteiger partial charge on any atom is -0.396 e. The van der Waals surface area contributed by atoms with E-state index in [9.17, 15) is 4.39 Å². The van der Waals surface area contributed by atoms with Gasteiger partial charge in [-0.2, -0.15) is 5.10 Å². The fraction of sp³-hybridized carbons (Fsp3) is 0.0833. The second-order valence-corrected chi connectivity index (χ2v) is 4.02. The molecule has 1 aromatic carbocycles. The Morgan fingerprint density at radius 3 is 2.94 bits per heavy atom. The first-order valence-corrected chi connectivity index (χ1v) is 5.20. The molecular weight excluding hydrogens is 219 g/mol. The molecule has 0 amide bonds. The highest BCUT2D eigenvalue weighted by molar-refractivity contribution is 5.97. The molecule has 0 spiro atoms. The summed E-state index contributed by atoms with van der Waals surface area (Å²) in [6.45, 7) is 0. The maximum absolute atomic E-state index is 13.2. The lowest BCUT2D eigenvalue weighted by Gasteiger charge is -1.97. The summed E-state index contributed by atoms with van der Waals surface area (Å²) in [5.74, 6) is -0.247. The first kappa shape index (κ1) is 9.89. The van der Waals surface area contributed by atoms with E-state index in [1.54, 1.807) is 12.3 Å². The Morgan fingerprint density at radius 2 is 2.24 bits per heavy atom. The molecule has 0 fully saturated rings. The lowest BCUT2D eigenvalue weighted by molar-refractivity contribution is 0.629. The normalized spacial score (nSPS) is 11.2. The van der Waals surface area contributed by atoms with Crippen molar-refractivity contribution in [2.75, 3.05) is 5.73 Å². The number of anilines is 1. The van der Waals surface area contributed by atoms with Crippen LogP contribution >= 0.6 is 0 Å². The van der Waals surface area contributed by atoms with Crippen LogP contribution in [-0.2, 0) is 7.05 Å². The van der Waals surface area contributed by atoms with Gasteiger partial charge in [0, 0.05) is 24.2 Å². The SMILES string of the molecule is Cn1cc(-c2[nH]ncc2N)c2ccc(F)cc21. The topological polar surface area (TPSA) is 59.6 Å². The number of halogens is 1. The zero-order valence-electron chi connectivity index (χ0n) is 9.24. The molecule has 0 atom stereocenters. The molecule has 5 heteroatoms. The van der Waals surface area contributed by atoms with Crippen LogP contribution in [0.5, 0.6) is 0 Å². The van der Waals surface area contributed by atoms with Gasteiger partial charge in [0.1, 0.15) is 5.82 Å². The van der Waals surface area contributed by atoms with Gasteiger partial charge in [0.05, 0.1) is 23.1 Å². The molecule has 3 N–H and O–H groups in total. The molecule has 0 saturated carbocycles. The van der Waals surface area contributed by atoms with Gasteiger partial charge in [-0.25, -0.2) is 4.39 Å². The number of nitrogens with zero attached hydrogens (tertiary/aromatic N) is 2. The molecule has 86 valence electrons. The first-order valence-electron chi connectivity index (χ1n) is 5.20.